The molecule has 7 heteroatoms. The van der Waals surface area contributed by atoms with Gasteiger partial charge in [-0.05, 0) is 23.8 Å². The van der Waals surface area contributed by atoms with Crippen molar-refractivity contribution >= 4 is 11.7 Å². The summed E-state index contributed by atoms with van der Waals surface area (Å²) in [5.74, 6) is 3.77. The number of amides is 1. The zero-order valence-corrected chi connectivity index (χ0v) is 10.9. The van der Waals surface area contributed by atoms with Crippen molar-refractivity contribution in [3.8, 4) is 0 Å². The Balaban J connectivity index is 2.19. The second-order valence-corrected chi connectivity index (χ2v) is 4.18. The number of carbonyl (C=O) groups is 1. The summed E-state index contributed by atoms with van der Waals surface area (Å²) in [4.78, 5) is 21.2. The molecule has 104 valence electrons. The molecule has 0 aliphatic carbocycles. The molecule has 0 radical (unpaired) electrons. The maximum absolute atomic E-state index is 14.0. The molecule has 2 heterocycles. The molecule has 6 nitrogen and oxygen atoms in total. The first-order valence-electron chi connectivity index (χ1n) is 5.89. The number of hydrogen-bond acceptors (Lipinski definition) is 5. The van der Waals surface area contributed by atoms with Crippen LogP contribution in [0, 0.1) is 5.82 Å². The minimum Gasteiger partial charge on any atom is -0.337 e. The van der Waals surface area contributed by atoms with Crippen LogP contribution in [-0.4, -0.2) is 27.8 Å². The number of hydrazine groups is 1. The van der Waals surface area contributed by atoms with Gasteiger partial charge in [-0.15, -0.1) is 0 Å². The average Bonchev–Trinajstić information content (AvgIpc) is 2.48. The van der Waals surface area contributed by atoms with Crippen molar-refractivity contribution in [1.29, 1.82) is 0 Å². The lowest BCUT2D eigenvalue weighted by atomic mass is 10.2. The summed E-state index contributed by atoms with van der Waals surface area (Å²) in [5.41, 5.74) is 2.94. The van der Waals surface area contributed by atoms with Crippen molar-refractivity contribution in [3.05, 3.63) is 53.7 Å². The number of pyridine rings is 2. The number of rotatable bonds is 4. The standard InChI is InChI=1S/C13H14FN5O/c1-19(8-9-2-5-16-6-3-9)13(20)10-4-7-17-12(18-15)11(10)14/h2-7H,8,15H2,1H3,(H,17,18). The third-order valence-corrected chi connectivity index (χ3v) is 2.77. The van der Waals surface area contributed by atoms with Gasteiger partial charge in [0.2, 0.25) is 0 Å². The van der Waals surface area contributed by atoms with Crippen molar-refractivity contribution in [1.82, 2.24) is 14.9 Å². The number of nitrogens with zero attached hydrogens (tertiary/aromatic N) is 3. The molecule has 0 saturated carbocycles. The topological polar surface area (TPSA) is 84.1 Å². The summed E-state index contributed by atoms with van der Waals surface area (Å²) in [6, 6.07) is 4.90. The third-order valence-electron chi connectivity index (χ3n) is 2.77. The van der Waals surface area contributed by atoms with Gasteiger partial charge in [-0.25, -0.2) is 15.2 Å². The summed E-state index contributed by atoms with van der Waals surface area (Å²) in [7, 11) is 1.60. The van der Waals surface area contributed by atoms with Gasteiger partial charge in [-0.1, -0.05) is 0 Å². The molecule has 0 atom stereocenters. The Morgan fingerprint density at radius 2 is 2.05 bits per heavy atom. The van der Waals surface area contributed by atoms with Gasteiger partial charge in [-0.2, -0.15) is 0 Å². The predicted molar refractivity (Wildman–Crippen MR) is 72.0 cm³/mol. The predicted octanol–water partition coefficient (Wildman–Crippen LogP) is 1.17. The van der Waals surface area contributed by atoms with Gasteiger partial charge in [-0.3, -0.25) is 9.78 Å². The van der Waals surface area contributed by atoms with Crippen molar-refractivity contribution in [3.63, 3.8) is 0 Å². The summed E-state index contributed by atoms with van der Waals surface area (Å²) < 4.78 is 14.0. The molecule has 0 spiro atoms. The highest BCUT2D eigenvalue weighted by Crippen LogP contribution is 2.16. The molecule has 0 saturated heterocycles. The fourth-order valence-electron chi connectivity index (χ4n) is 1.75. The van der Waals surface area contributed by atoms with Crippen molar-refractivity contribution in [2.24, 2.45) is 5.84 Å². The van der Waals surface area contributed by atoms with E-state index in [1.165, 1.54) is 17.2 Å². The number of nitrogens with two attached hydrogens (primary N) is 1. The van der Waals surface area contributed by atoms with Gasteiger partial charge >= 0.3 is 0 Å². The summed E-state index contributed by atoms with van der Waals surface area (Å²) in [6.07, 6.45) is 4.60. The largest absolute Gasteiger partial charge is 0.337 e. The smallest absolute Gasteiger partial charge is 0.257 e. The Kier molecular flexibility index (Phi) is 4.21. The number of halogens is 1. The number of nitrogens with one attached hydrogen (secondary N) is 1. The van der Waals surface area contributed by atoms with Gasteiger partial charge in [0.1, 0.15) is 0 Å². The first-order valence-corrected chi connectivity index (χ1v) is 5.89. The van der Waals surface area contributed by atoms with Crippen LogP contribution in [-0.2, 0) is 6.54 Å². The lowest BCUT2D eigenvalue weighted by molar-refractivity contribution is 0.0780. The lowest BCUT2D eigenvalue weighted by Crippen LogP contribution is -2.27. The van der Waals surface area contributed by atoms with E-state index in [2.05, 4.69) is 15.4 Å². The molecule has 0 unspecified atom stereocenters. The minimum absolute atomic E-state index is 0.0792. The maximum Gasteiger partial charge on any atom is 0.257 e. The summed E-state index contributed by atoms with van der Waals surface area (Å²) in [5, 5.41) is 0. The Hall–Kier alpha value is -2.54. The number of anilines is 1. The molecule has 0 aromatic carbocycles. The van der Waals surface area contributed by atoms with Crippen molar-refractivity contribution < 1.29 is 9.18 Å². The number of aromatic nitrogens is 2. The normalized spacial score (nSPS) is 10.2. The lowest BCUT2D eigenvalue weighted by Gasteiger charge is -2.18. The first-order chi connectivity index (χ1) is 9.63. The van der Waals surface area contributed by atoms with Gasteiger partial charge in [0.05, 0.1) is 5.56 Å². The molecule has 2 aromatic heterocycles. The van der Waals surface area contributed by atoms with Crippen molar-refractivity contribution in [2.45, 2.75) is 6.54 Å². The van der Waals surface area contributed by atoms with E-state index in [1.54, 1.807) is 31.6 Å². The average molecular weight is 275 g/mol. The zero-order valence-electron chi connectivity index (χ0n) is 10.9. The molecule has 0 aliphatic heterocycles. The number of hydrogen-bond donors (Lipinski definition) is 2. The molecule has 0 bridgehead atoms. The number of carbonyl (C=O) groups excluding carboxylic acids is 1. The van der Waals surface area contributed by atoms with E-state index in [9.17, 15) is 9.18 Å². The van der Waals surface area contributed by atoms with Crippen LogP contribution in [0.4, 0.5) is 10.2 Å². The van der Waals surface area contributed by atoms with Crippen LogP contribution in [0.1, 0.15) is 15.9 Å². The van der Waals surface area contributed by atoms with Gasteiger partial charge < -0.3 is 10.3 Å². The second kappa shape index (κ2) is 6.07. The molecule has 2 rings (SSSR count). The van der Waals surface area contributed by atoms with Crippen LogP contribution >= 0.6 is 0 Å². The molecule has 1 amide bonds. The highest BCUT2D eigenvalue weighted by atomic mass is 19.1. The van der Waals surface area contributed by atoms with Crippen LogP contribution in [0.3, 0.4) is 0 Å². The van der Waals surface area contributed by atoms with E-state index in [0.717, 1.165) is 5.56 Å². The van der Waals surface area contributed by atoms with Crippen LogP contribution in [0.15, 0.2) is 36.8 Å². The van der Waals surface area contributed by atoms with E-state index < -0.39 is 11.7 Å². The van der Waals surface area contributed by atoms with Gasteiger partial charge in [0.15, 0.2) is 11.6 Å². The Morgan fingerprint density at radius 1 is 1.35 bits per heavy atom. The maximum atomic E-state index is 14.0. The van der Waals surface area contributed by atoms with Crippen LogP contribution in [0.5, 0.6) is 0 Å². The fraction of sp³-hybridized carbons (Fsp3) is 0.154. The first kappa shape index (κ1) is 13.9. The molecular formula is C13H14FN5O. The Morgan fingerprint density at radius 3 is 2.70 bits per heavy atom. The fourth-order valence-corrected chi connectivity index (χ4v) is 1.75. The van der Waals surface area contributed by atoms with E-state index in [4.69, 9.17) is 5.84 Å². The van der Waals surface area contributed by atoms with Crippen molar-refractivity contribution in [2.75, 3.05) is 12.5 Å². The summed E-state index contributed by atoms with van der Waals surface area (Å²) >= 11 is 0. The molecule has 20 heavy (non-hydrogen) atoms. The molecule has 0 aliphatic rings. The van der Waals surface area contributed by atoms with Gasteiger partial charge in [0, 0.05) is 32.2 Å². The summed E-state index contributed by atoms with van der Waals surface area (Å²) in [6.45, 7) is 0.356. The van der Waals surface area contributed by atoms with Gasteiger partial charge in [0.25, 0.3) is 5.91 Å². The van der Waals surface area contributed by atoms with E-state index in [0.29, 0.717) is 6.54 Å². The SMILES string of the molecule is CN(Cc1ccncc1)C(=O)c1ccnc(NN)c1F. The van der Waals surface area contributed by atoms with E-state index in [1.807, 2.05) is 0 Å². The molecule has 3 N–H and O–H groups in total. The monoisotopic (exact) mass is 275 g/mol. The Bertz CT molecular complexity index is 605. The highest BCUT2D eigenvalue weighted by molar-refractivity contribution is 5.95. The minimum atomic E-state index is -0.762. The van der Waals surface area contributed by atoms with E-state index >= 15 is 0 Å². The van der Waals surface area contributed by atoms with Crippen LogP contribution < -0.4 is 11.3 Å². The quantitative estimate of drug-likeness (QED) is 0.646. The van der Waals surface area contributed by atoms with Crippen LogP contribution in [0.25, 0.3) is 0 Å². The molecule has 2 aromatic rings. The van der Waals surface area contributed by atoms with Crippen LogP contribution in [0.2, 0.25) is 0 Å². The Labute approximate surface area is 115 Å². The third kappa shape index (κ3) is 2.89. The molecular weight excluding hydrogens is 261 g/mol. The number of nitrogen functional groups attached to an aromatic ring is 1. The second-order valence-electron chi connectivity index (χ2n) is 4.18. The zero-order chi connectivity index (χ0) is 14.5. The highest BCUT2D eigenvalue weighted by Gasteiger charge is 2.19. The van der Waals surface area contributed by atoms with E-state index in [-0.39, 0.29) is 11.4 Å². The molecule has 0 fully saturated rings.